The minimum Gasteiger partial charge on any atom is -0.355 e. The van der Waals surface area contributed by atoms with E-state index in [0.29, 0.717) is 16.7 Å². The van der Waals surface area contributed by atoms with Crippen molar-refractivity contribution in [2.24, 2.45) is 5.92 Å². The Morgan fingerprint density at radius 1 is 1.35 bits per heavy atom. The molecule has 0 unspecified atom stereocenters. The number of anilines is 1. The van der Waals surface area contributed by atoms with E-state index in [1.807, 2.05) is 0 Å². The number of methoxy groups -OCH3 is 2. The zero-order valence-electron chi connectivity index (χ0n) is 15.1. The maximum atomic E-state index is 13.0. The first kappa shape index (κ1) is 19.8. The van der Waals surface area contributed by atoms with Crippen molar-refractivity contribution in [1.29, 1.82) is 0 Å². The normalized spacial score (nSPS) is 17.2. The van der Waals surface area contributed by atoms with Crippen molar-refractivity contribution in [3.8, 4) is 0 Å². The van der Waals surface area contributed by atoms with Gasteiger partial charge in [0.05, 0.1) is 11.4 Å². The molecule has 26 heavy (non-hydrogen) atoms. The van der Waals surface area contributed by atoms with Gasteiger partial charge in [0.25, 0.3) is 0 Å². The van der Waals surface area contributed by atoms with Crippen LogP contribution in [0.4, 0.5) is 5.69 Å². The predicted molar refractivity (Wildman–Crippen MR) is 101 cm³/mol. The number of fused-ring (bicyclic) bond motifs is 1. The van der Waals surface area contributed by atoms with Gasteiger partial charge in [-0.1, -0.05) is 0 Å². The summed E-state index contributed by atoms with van der Waals surface area (Å²) in [5.41, 5.74) is 1.69. The van der Waals surface area contributed by atoms with Crippen LogP contribution in [-0.4, -0.2) is 59.3 Å². The second-order valence-electron chi connectivity index (χ2n) is 6.61. The van der Waals surface area contributed by atoms with E-state index >= 15 is 0 Å². The van der Waals surface area contributed by atoms with Crippen molar-refractivity contribution in [3.63, 3.8) is 0 Å². The van der Waals surface area contributed by atoms with Crippen molar-refractivity contribution in [2.45, 2.75) is 30.4 Å². The minimum atomic E-state index is -3.77. The van der Waals surface area contributed by atoms with Crippen LogP contribution in [0, 0.1) is 5.92 Å². The first-order chi connectivity index (χ1) is 12.3. The average Bonchev–Trinajstić information content (AvgIpc) is 3.38. The molecular weight excluding hydrogens is 424 g/mol. The van der Waals surface area contributed by atoms with E-state index in [1.54, 1.807) is 17.0 Å². The summed E-state index contributed by atoms with van der Waals surface area (Å²) in [5.74, 6) is 0.193. The lowest BCUT2D eigenvalue weighted by molar-refractivity contribution is -0.119. The molecule has 144 valence electrons. The van der Waals surface area contributed by atoms with Gasteiger partial charge in [-0.15, -0.1) is 0 Å². The van der Waals surface area contributed by atoms with Gasteiger partial charge in [0.1, 0.15) is 0 Å². The molecule has 1 fully saturated rings. The number of benzene rings is 1. The van der Waals surface area contributed by atoms with E-state index in [0.717, 1.165) is 24.8 Å². The molecule has 1 aliphatic carbocycles. The quantitative estimate of drug-likeness (QED) is 0.598. The van der Waals surface area contributed by atoms with Gasteiger partial charge >= 0.3 is 0 Å². The number of carbonyl (C=O) groups excluding carboxylic acids is 1. The van der Waals surface area contributed by atoms with E-state index in [2.05, 4.69) is 15.9 Å². The number of halogens is 1. The summed E-state index contributed by atoms with van der Waals surface area (Å²) < 4.78 is 37.9. The maximum Gasteiger partial charge on any atom is 0.244 e. The number of nitrogens with zero attached hydrogens (tertiary/aromatic N) is 2. The highest BCUT2D eigenvalue weighted by Crippen LogP contribution is 2.40. The molecule has 1 aliphatic heterocycles. The molecule has 0 spiro atoms. The highest BCUT2D eigenvalue weighted by atomic mass is 79.9. The van der Waals surface area contributed by atoms with Crippen LogP contribution in [0.15, 0.2) is 21.5 Å². The number of hydrogen-bond acceptors (Lipinski definition) is 5. The van der Waals surface area contributed by atoms with Gasteiger partial charge in [-0.05, 0) is 52.9 Å². The number of hydrogen-bond donors (Lipinski definition) is 0. The fraction of sp³-hybridized carbons (Fsp3) is 0.588. The third-order valence-electron chi connectivity index (χ3n) is 4.84. The van der Waals surface area contributed by atoms with Crippen LogP contribution in [-0.2, 0) is 30.7 Å². The van der Waals surface area contributed by atoms with E-state index in [9.17, 15) is 13.2 Å². The number of ether oxygens (including phenoxy) is 2. The Kier molecular flexibility index (Phi) is 5.74. The lowest BCUT2D eigenvalue weighted by Crippen LogP contribution is -2.36. The van der Waals surface area contributed by atoms with Crippen LogP contribution >= 0.6 is 15.9 Å². The number of amides is 1. The summed E-state index contributed by atoms with van der Waals surface area (Å²) in [6.45, 7) is 0.662. The van der Waals surface area contributed by atoms with Gasteiger partial charge in [0.15, 0.2) is 6.29 Å². The zero-order valence-corrected chi connectivity index (χ0v) is 17.5. The molecule has 0 aromatic heterocycles. The van der Waals surface area contributed by atoms with Crippen LogP contribution in [0.5, 0.6) is 0 Å². The molecule has 0 radical (unpaired) electrons. The second kappa shape index (κ2) is 7.55. The fourth-order valence-electron chi connectivity index (χ4n) is 3.09. The number of likely N-dealkylation sites (N-methyl/N-ethyl adjacent to an activating group) is 1. The minimum absolute atomic E-state index is 0.0591. The van der Waals surface area contributed by atoms with E-state index in [1.165, 1.54) is 25.6 Å². The lowest BCUT2D eigenvalue weighted by Gasteiger charge is -2.23. The molecular formula is C17H23BrN2O5S. The first-order valence-electron chi connectivity index (χ1n) is 8.45. The lowest BCUT2D eigenvalue weighted by atomic mass is 10.2. The molecule has 1 aromatic carbocycles. The van der Waals surface area contributed by atoms with Crippen molar-refractivity contribution < 1.29 is 22.7 Å². The summed E-state index contributed by atoms with van der Waals surface area (Å²) in [6, 6.07) is 3.41. The van der Waals surface area contributed by atoms with E-state index in [-0.39, 0.29) is 23.3 Å². The molecule has 3 rings (SSSR count). The van der Waals surface area contributed by atoms with Crippen molar-refractivity contribution in [1.82, 2.24) is 4.31 Å². The Bertz CT molecular complexity index is 806. The SMILES string of the molecule is COC(CN(C)S(=O)(=O)c1cc2c(cc1Br)CCN2C(=O)C1CC1)OC. The molecule has 0 atom stereocenters. The first-order valence-corrected chi connectivity index (χ1v) is 10.7. The van der Waals surface area contributed by atoms with Gasteiger partial charge in [-0.25, -0.2) is 8.42 Å². The zero-order chi connectivity index (χ0) is 19.1. The third-order valence-corrected chi connectivity index (χ3v) is 7.62. The summed E-state index contributed by atoms with van der Waals surface area (Å²) in [6.07, 6.45) is 1.92. The maximum absolute atomic E-state index is 13.0. The molecule has 1 heterocycles. The van der Waals surface area contributed by atoms with Gasteiger partial charge in [-0.3, -0.25) is 4.79 Å². The van der Waals surface area contributed by atoms with Crippen LogP contribution in [0.1, 0.15) is 18.4 Å². The van der Waals surface area contributed by atoms with Gasteiger partial charge in [-0.2, -0.15) is 4.31 Å². The highest BCUT2D eigenvalue weighted by molar-refractivity contribution is 9.10. The van der Waals surface area contributed by atoms with E-state index in [4.69, 9.17) is 9.47 Å². The summed E-state index contributed by atoms with van der Waals surface area (Å²) >= 11 is 3.38. The molecule has 0 saturated heterocycles. The smallest absolute Gasteiger partial charge is 0.244 e. The number of rotatable bonds is 7. The highest BCUT2D eigenvalue weighted by Gasteiger charge is 2.37. The molecule has 1 amide bonds. The summed E-state index contributed by atoms with van der Waals surface area (Å²) in [5, 5.41) is 0. The van der Waals surface area contributed by atoms with Crippen LogP contribution < -0.4 is 4.90 Å². The molecule has 0 bridgehead atoms. The van der Waals surface area contributed by atoms with Crippen molar-refractivity contribution in [3.05, 3.63) is 22.2 Å². The van der Waals surface area contributed by atoms with E-state index < -0.39 is 16.3 Å². The molecule has 7 nitrogen and oxygen atoms in total. The number of carbonyl (C=O) groups is 1. The van der Waals surface area contributed by atoms with Crippen LogP contribution in [0.25, 0.3) is 0 Å². The standard InChI is InChI=1S/C17H23BrN2O5S/c1-19(10-16(24-2)25-3)26(22,23)15-9-14-12(8-13(15)18)6-7-20(14)17(21)11-4-5-11/h8-9,11,16H,4-7,10H2,1-3H3. The monoisotopic (exact) mass is 446 g/mol. The Morgan fingerprint density at radius 2 is 2.00 bits per heavy atom. The van der Waals surface area contributed by atoms with Gasteiger partial charge in [0.2, 0.25) is 15.9 Å². The molecule has 2 aliphatic rings. The second-order valence-corrected chi connectivity index (χ2v) is 9.48. The average molecular weight is 447 g/mol. The third kappa shape index (κ3) is 3.68. The van der Waals surface area contributed by atoms with Gasteiger partial charge in [0, 0.05) is 43.9 Å². The van der Waals surface area contributed by atoms with Gasteiger partial charge < -0.3 is 14.4 Å². The van der Waals surface area contributed by atoms with Crippen molar-refractivity contribution >= 4 is 37.5 Å². The molecule has 1 saturated carbocycles. The fourth-order valence-corrected chi connectivity index (χ4v) is 5.31. The topological polar surface area (TPSA) is 76.2 Å². The Balaban J connectivity index is 1.92. The molecule has 0 N–H and O–H groups in total. The Labute approximate surface area is 162 Å². The van der Waals surface area contributed by atoms with Crippen molar-refractivity contribution in [2.75, 3.05) is 39.3 Å². The largest absolute Gasteiger partial charge is 0.355 e. The summed E-state index contributed by atoms with van der Waals surface area (Å²) in [4.78, 5) is 14.4. The Hall–Kier alpha value is -1.00. The predicted octanol–water partition coefficient (Wildman–Crippen LogP) is 1.99. The number of sulfonamides is 1. The van der Waals surface area contributed by atoms with Crippen LogP contribution in [0.2, 0.25) is 0 Å². The molecule has 9 heteroatoms. The Morgan fingerprint density at radius 3 is 2.58 bits per heavy atom. The van der Waals surface area contributed by atoms with Crippen LogP contribution in [0.3, 0.4) is 0 Å². The summed E-state index contributed by atoms with van der Waals surface area (Å²) in [7, 11) is 0.627. The molecule has 1 aromatic rings.